The van der Waals surface area contributed by atoms with Gasteiger partial charge in [0.2, 0.25) is 0 Å². The predicted octanol–water partition coefficient (Wildman–Crippen LogP) is 3.71. The molecule has 1 aromatic rings. The van der Waals surface area contributed by atoms with E-state index in [0.29, 0.717) is 0 Å². The molecule has 94 valence electrons. The maximum absolute atomic E-state index is 5.91. The lowest BCUT2D eigenvalue weighted by Gasteiger charge is -2.28. The van der Waals surface area contributed by atoms with Crippen LogP contribution in [0.4, 0.5) is 0 Å². The van der Waals surface area contributed by atoms with Crippen molar-refractivity contribution in [2.24, 2.45) is 0 Å². The van der Waals surface area contributed by atoms with E-state index in [1.165, 1.54) is 31.2 Å². The number of benzene rings is 1. The molecule has 0 saturated heterocycles. The largest absolute Gasteiger partial charge is 0.299 e. The molecular formula is C15H22ClN. The van der Waals surface area contributed by atoms with Crippen molar-refractivity contribution in [3.05, 3.63) is 35.9 Å². The molecule has 0 spiro atoms. The lowest BCUT2D eigenvalue weighted by Crippen LogP contribution is -2.36. The molecule has 0 aliphatic heterocycles. The Hall–Kier alpha value is -0.530. The first-order chi connectivity index (χ1) is 8.40. The molecular weight excluding hydrogens is 230 g/mol. The van der Waals surface area contributed by atoms with Crippen LogP contribution < -0.4 is 0 Å². The molecule has 1 nitrogen and oxygen atoms in total. The van der Waals surface area contributed by atoms with Crippen LogP contribution >= 0.6 is 11.6 Å². The quantitative estimate of drug-likeness (QED) is 0.697. The van der Waals surface area contributed by atoms with Crippen molar-refractivity contribution < 1.29 is 0 Å². The molecule has 1 aliphatic carbocycles. The Kier molecular flexibility index (Phi) is 5.34. The fourth-order valence-corrected chi connectivity index (χ4v) is 2.99. The van der Waals surface area contributed by atoms with E-state index in [4.69, 9.17) is 11.6 Å². The predicted molar refractivity (Wildman–Crippen MR) is 74.7 cm³/mol. The zero-order valence-corrected chi connectivity index (χ0v) is 11.2. The highest BCUT2D eigenvalue weighted by Gasteiger charge is 2.21. The van der Waals surface area contributed by atoms with Gasteiger partial charge in [-0.2, -0.15) is 0 Å². The summed E-state index contributed by atoms with van der Waals surface area (Å²) >= 11 is 5.91. The van der Waals surface area contributed by atoms with Crippen LogP contribution in [0.1, 0.15) is 31.2 Å². The zero-order valence-electron chi connectivity index (χ0n) is 10.4. The summed E-state index contributed by atoms with van der Waals surface area (Å²) in [4.78, 5) is 2.59. The van der Waals surface area contributed by atoms with Gasteiger partial charge in [0.25, 0.3) is 0 Å². The molecule has 1 saturated carbocycles. The molecule has 0 bridgehead atoms. The van der Waals surface area contributed by atoms with Crippen molar-refractivity contribution in [2.75, 3.05) is 19.0 Å². The highest BCUT2D eigenvalue weighted by Crippen LogP contribution is 2.23. The van der Waals surface area contributed by atoms with E-state index in [-0.39, 0.29) is 0 Å². The molecule has 1 aliphatic rings. The maximum atomic E-state index is 5.91. The molecule has 0 N–H and O–H groups in total. The van der Waals surface area contributed by atoms with E-state index in [1.54, 1.807) is 0 Å². The van der Waals surface area contributed by atoms with Crippen LogP contribution in [0.2, 0.25) is 0 Å². The second-order valence-electron chi connectivity index (χ2n) is 4.90. The van der Waals surface area contributed by atoms with Gasteiger partial charge in [0.15, 0.2) is 0 Å². The Balaban J connectivity index is 1.84. The third-order valence-corrected chi connectivity index (χ3v) is 3.91. The SMILES string of the molecule is ClCCN(CCc1ccccc1)C1CCCC1. The van der Waals surface area contributed by atoms with E-state index < -0.39 is 0 Å². The molecule has 0 radical (unpaired) electrons. The average Bonchev–Trinajstić information content (AvgIpc) is 2.89. The minimum atomic E-state index is 0.755. The Labute approximate surface area is 110 Å². The Morgan fingerprint density at radius 2 is 1.76 bits per heavy atom. The summed E-state index contributed by atoms with van der Waals surface area (Å²) in [5, 5.41) is 0. The molecule has 0 amide bonds. The number of halogens is 1. The van der Waals surface area contributed by atoms with Gasteiger partial charge >= 0.3 is 0 Å². The first-order valence-corrected chi connectivity index (χ1v) is 7.27. The highest BCUT2D eigenvalue weighted by molar-refractivity contribution is 6.18. The topological polar surface area (TPSA) is 3.24 Å². The number of hydrogen-bond donors (Lipinski definition) is 0. The normalized spacial score (nSPS) is 16.8. The van der Waals surface area contributed by atoms with Crippen molar-refractivity contribution in [2.45, 2.75) is 38.1 Å². The van der Waals surface area contributed by atoms with Gasteiger partial charge < -0.3 is 0 Å². The molecule has 2 heteroatoms. The standard InChI is InChI=1S/C15H22ClN/c16-11-13-17(15-8-4-5-9-15)12-10-14-6-2-1-3-7-14/h1-3,6-7,15H,4-5,8-13H2. The van der Waals surface area contributed by atoms with E-state index in [9.17, 15) is 0 Å². The lowest BCUT2D eigenvalue weighted by atomic mass is 10.1. The molecule has 17 heavy (non-hydrogen) atoms. The van der Waals surface area contributed by atoms with Crippen LogP contribution in [0.3, 0.4) is 0 Å². The average molecular weight is 252 g/mol. The molecule has 2 rings (SSSR count). The van der Waals surface area contributed by atoms with Gasteiger partial charge in [-0.1, -0.05) is 43.2 Å². The molecule has 0 aromatic heterocycles. The molecule has 1 fully saturated rings. The summed E-state index contributed by atoms with van der Waals surface area (Å²) in [7, 11) is 0. The van der Waals surface area contributed by atoms with Crippen molar-refractivity contribution in [1.82, 2.24) is 4.90 Å². The highest BCUT2D eigenvalue weighted by atomic mass is 35.5. The maximum Gasteiger partial charge on any atom is 0.0351 e. The smallest absolute Gasteiger partial charge is 0.0351 e. The number of alkyl halides is 1. The van der Waals surface area contributed by atoms with Gasteiger partial charge in [-0.05, 0) is 24.8 Å². The van der Waals surface area contributed by atoms with Gasteiger partial charge in [0.1, 0.15) is 0 Å². The van der Waals surface area contributed by atoms with Gasteiger partial charge in [0.05, 0.1) is 0 Å². The lowest BCUT2D eigenvalue weighted by molar-refractivity contribution is 0.213. The summed E-state index contributed by atoms with van der Waals surface area (Å²) in [6, 6.07) is 11.5. The monoisotopic (exact) mass is 251 g/mol. The van der Waals surface area contributed by atoms with Crippen LogP contribution in [-0.4, -0.2) is 29.9 Å². The zero-order chi connectivity index (χ0) is 11.9. The van der Waals surface area contributed by atoms with Crippen LogP contribution in [-0.2, 0) is 6.42 Å². The Morgan fingerprint density at radius 3 is 2.41 bits per heavy atom. The van der Waals surface area contributed by atoms with Crippen molar-refractivity contribution in [3.63, 3.8) is 0 Å². The summed E-state index contributed by atoms with van der Waals surface area (Å²) in [6.45, 7) is 2.19. The van der Waals surface area contributed by atoms with E-state index >= 15 is 0 Å². The van der Waals surface area contributed by atoms with Gasteiger partial charge in [0, 0.05) is 25.0 Å². The Morgan fingerprint density at radius 1 is 1.06 bits per heavy atom. The van der Waals surface area contributed by atoms with Gasteiger partial charge in [-0.3, -0.25) is 4.90 Å². The third-order valence-electron chi connectivity index (χ3n) is 3.74. The number of rotatable bonds is 6. The van der Waals surface area contributed by atoms with Crippen LogP contribution in [0, 0.1) is 0 Å². The fourth-order valence-electron chi connectivity index (χ4n) is 2.77. The second kappa shape index (κ2) is 7.03. The molecule has 0 unspecified atom stereocenters. The summed E-state index contributed by atoms with van der Waals surface area (Å²) in [5.41, 5.74) is 1.44. The first-order valence-electron chi connectivity index (χ1n) is 6.74. The minimum absolute atomic E-state index is 0.755. The Bertz CT molecular complexity index is 306. The molecule has 1 aromatic carbocycles. The number of nitrogens with zero attached hydrogens (tertiary/aromatic N) is 1. The van der Waals surface area contributed by atoms with E-state index in [2.05, 4.69) is 35.2 Å². The van der Waals surface area contributed by atoms with Crippen molar-refractivity contribution in [3.8, 4) is 0 Å². The summed E-state index contributed by atoms with van der Waals surface area (Å²) in [5.74, 6) is 0.755. The second-order valence-corrected chi connectivity index (χ2v) is 5.28. The van der Waals surface area contributed by atoms with Crippen molar-refractivity contribution >= 4 is 11.6 Å². The summed E-state index contributed by atoms with van der Waals surface area (Å²) in [6.07, 6.45) is 6.68. The van der Waals surface area contributed by atoms with E-state index in [0.717, 1.165) is 31.4 Å². The minimum Gasteiger partial charge on any atom is -0.299 e. The van der Waals surface area contributed by atoms with Crippen LogP contribution in [0.5, 0.6) is 0 Å². The van der Waals surface area contributed by atoms with Crippen LogP contribution in [0.25, 0.3) is 0 Å². The van der Waals surface area contributed by atoms with Gasteiger partial charge in [-0.15, -0.1) is 11.6 Å². The fraction of sp³-hybridized carbons (Fsp3) is 0.600. The van der Waals surface area contributed by atoms with Crippen LogP contribution in [0.15, 0.2) is 30.3 Å². The van der Waals surface area contributed by atoms with Crippen molar-refractivity contribution in [1.29, 1.82) is 0 Å². The van der Waals surface area contributed by atoms with E-state index in [1.807, 2.05) is 0 Å². The van der Waals surface area contributed by atoms with Gasteiger partial charge in [-0.25, -0.2) is 0 Å². The third kappa shape index (κ3) is 4.01. The first kappa shape index (κ1) is 12.9. The molecule has 0 heterocycles. The number of hydrogen-bond acceptors (Lipinski definition) is 1. The summed E-state index contributed by atoms with van der Waals surface area (Å²) < 4.78 is 0. The molecule has 0 atom stereocenters.